The minimum Gasteiger partial charge on any atom is -0.478 e. The Hall–Kier alpha value is -4.08. The second-order valence-corrected chi connectivity index (χ2v) is 7.54. The van der Waals surface area contributed by atoms with E-state index < -0.39 is 69.2 Å². The molecule has 7 nitrogen and oxygen atoms in total. The molecule has 1 fully saturated rings. The third kappa shape index (κ3) is 5.21. The van der Waals surface area contributed by atoms with Gasteiger partial charge in [-0.05, 0) is 43.2 Å². The molecule has 13 heteroatoms. The number of likely N-dealkylation sites (tertiary alicyclic amines) is 1. The van der Waals surface area contributed by atoms with E-state index in [1.165, 1.54) is 11.0 Å². The van der Waals surface area contributed by atoms with Crippen LogP contribution in [0.1, 0.15) is 60.6 Å². The Kier molecular flexibility index (Phi) is 6.77. The molecule has 1 saturated heterocycles. The number of nitriles is 1. The molecule has 184 valence electrons. The fraction of sp³-hybridized carbons (Fsp3) is 0.273. The van der Waals surface area contributed by atoms with Gasteiger partial charge in [0.1, 0.15) is 6.07 Å². The van der Waals surface area contributed by atoms with Gasteiger partial charge in [-0.15, -0.1) is 0 Å². The van der Waals surface area contributed by atoms with Crippen LogP contribution in [0.15, 0.2) is 30.3 Å². The van der Waals surface area contributed by atoms with Gasteiger partial charge in [0.2, 0.25) is 0 Å². The van der Waals surface area contributed by atoms with Crippen LogP contribution in [-0.2, 0) is 12.4 Å². The van der Waals surface area contributed by atoms with Crippen molar-refractivity contribution < 1.29 is 45.8 Å². The first-order chi connectivity index (χ1) is 16.3. The SMILES string of the molecule is N#Cc1ccc(C(=O)O)c(C(F)(F)F)c1NC(=O)c1ccc(C(=O)N2CCCC2)c(C(F)(F)F)c1. The number of carboxylic acid groups (broad SMARTS) is 1. The Labute approximate surface area is 193 Å². The van der Waals surface area contributed by atoms with E-state index in [2.05, 4.69) is 0 Å². The molecular formula is C22H15F6N3O4. The number of nitrogens with one attached hydrogen (secondary N) is 1. The zero-order chi connectivity index (χ0) is 26.1. The predicted molar refractivity (Wildman–Crippen MR) is 108 cm³/mol. The van der Waals surface area contributed by atoms with Gasteiger partial charge in [0, 0.05) is 18.7 Å². The summed E-state index contributed by atoms with van der Waals surface area (Å²) in [4.78, 5) is 37.7. The minimum absolute atomic E-state index is 0.259. The molecule has 2 aromatic rings. The van der Waals surface area contributed by atoms with Gasteiger partial charge in [-0.3, -0.25) is 9.59 Å². The van der Waals surface area contributed by atoms with Gasteiger partial charge in [0.15, 0.2) is 0 Å². The van der Waals surface area contributed by atoms with Crippen molar-refractivity contribution in [3.05, 3.63) is 63.7 Å². The quantitative estimate of drug-likeness (QED) is 0.589. The van der Waals surface area contributed by atoms with Crippen molar-refractivity contribution in [2.75, 3.05) is 18.4 Å². The summed E-state index contributed by atoms with van der Waals surface area (Å²) in [6.45, 7) is 0.519. The number of nitrogens with zero attached hydrogens (tertiary/aromatic N) is 2. The Balaban J connectivity index is 2.08. The fourth-order valence-electron chi connectivity index (χ4n) is 3.68. The van der Waals surface area contributed by atoms with Crippen molar-refractivity contribution in [3.63, 3.8) is 0 Å². The molecule has 0 unspecified atom stereocenters. The lowest BCUT2D eigenvalue weighted by molar-refractivity contribution is -0.138. The van der Waals surface area contributed by atoms with E-state index in [-0.39, 0.29) is 13.1 Å². The van der Waals surface area contributed by atoms with E-state index >= 15 is 0 Å². The molecule has 0 saturated carbocycles. The van der Waals surface area contributed by atoms with Gasteiger partial charge >= 0.3 is 18.3 Å². The number of alkyl halides is 6. The fourth-order valence-corrected chi connectivity index (χ4v) is 3.68. The largest absolute Gasteiger partial charge is 0.478 e. The number of carbonyl (C=O) groups is 3. The van der Waals surface area contributed by atoms with Crippen molar-refractivity contribution in [2.45, 2.75) is 25.2 Å². The van der Waals surface area contributed by atoms with Gasteiger partial charge in [-0.1, -0.05) is 0 Å². The van der Waals surface area contributed by atoms with E-state index in [1.807, 2.05) is 0 Å². The van der Waals surface area contributed by atoms with Gasteiger partial charge in [-0.2, -0.15) is 31.6 Å². The molecule has 3 rings (SSSR count). The Morgan fingerprint density at radius 2 is 1.54 bits per heavy atom. The van der Waals surface area contributed by atoms with Crippen molar-refractivity contribution in [3.8, 4) is 6.07 Å². The lowest BCUT2D eigenvalue weighted by atomic mass is 9.99. The van der Waals surface area contributed by atoms with Crippen LogP contribution in [0.2, 0.25) is 0 Å². The molecule has 0 aromatic heterocycles. The van der Waals surface area contributed by atoms with Gasteiger partial charge in [-0.25, -0.2) is 4.79 Å². The van der Waals surface area contributed by atoms with Crippen LogP contribution in [0.4, 0.5) is 32.0 Å². The summed E-state index contributed by atoms with van der Waals surface area (Å²) in [6, 6.07) is 4.54. The number of amides is 2. The number of halogens is 6. The van der Waals surface area contributed by atoms with E-state index in [0.29, 0.717) is 25.0 Å². The Morgan fingerprint density at radius 3 is 2.06 bits per heavy atom. The molecule has 0 bridgehead atoms. The van der Waals surface area contributed by atoms with Crippen molar-refractivity contribution in [2.24, 2.45) is 0 Å². The van der Waals surface area contributed by atoms with Crippen LogP contribution in [0, 0.1) is 11.3 Å². The standard InChI is InChI=1S/C22H15F6N3O4/c23-21(24,25)15-9-11(3-5-13(15)19(33)31-7-1-2-8-31)18(32)30-17-12(10-29)4-6-14(20(34)35)16(17)22(26,27)28/h3-6,9H,1-2,7-8H2,(H,30,32)(H,34,35). The maximum absolute atomic E-state index is 13.7. The van der Waals surface area contributed by atoms with Crippen LogP contribution < -0.4 is 5.32 Å². The Morgan fingerprint density at radius 1 is 0.943 bits per heavy atom. The van der Waals surface area contributed by atoms with Crippen LogP contribution in [0.3, 0.4) is 0 Å². The van der Waals surface area contributed by atoms with Crippen LogP contribution in [0.25, 0.3) is 0 Å². The van der Waals surface area contributed by atoms with Gasteiger partial charge in [0.25, 0.3) is 11.8 Å². The third-order valence-electron chi connectivity index (χ3n) is 5.29. The highest BCUT2D eigenvalue weighted by Crippen LogP contribution is 2.40. The van der Waals surface area contributed by atoms with E-state index in [1.54, 1.807) is 5.32 Å². The molecule has 35 heavy (non-hydrogen) atoms. The number of aromatic carboxylic acids is 1. The minimum atomic E-state index is -5.33. The predicted octanol–water partition coefficient (Wildman–Crippen LogP) is 4.78. The number of carbonyl (C=O) groups excluding carboxylic acids is 2. The molecule has 2 amide bonds. The maximum Gasteiger partial charge on any atom is 0.419 e. The van der Waals surface area contributed by atoms with Crippen molar-refractivity contribution >= 4 is 23.5 Å². The molecule has 2 N–H and O–H groups in total. The summed E-state index contributed by atoms with van der Waals surface area (Å²) in [5.41, 5.74) is -8.02. The summed E-state index contributed by atoms with van der Waals surface area (Å²) in [5, 5.41) is 20.0. The molecule has 0 atom stereocenters. The van der Waals surface area contributed by atoms with Gasteiger partial charge in [0.05, 0.1) is 33.5 Å². The molecule has 1 aliphatic heterocycles. The summed E-state index contributed by atoms with van der Waals surface area (Å²) in [7, 11) is 0. The molecule has 0 spiro atoms. The van der Waals surface area contributed by atoms with Crippen LogP contribution in [0.5, 0.6) is 0 Å². The normalized spacial score (nSPS) is 13.9. The highest BCUT2D eigenvalue weighted by molar-refractivity contribution is 6.07. The average Bonchev–Trinajstić information content (AvgIpc) is 3.31. The molecular weight excluding hydrogens is 484 g/mol. The Bertz CT molecular complexity index is 1240. The monoisotopic (exact) mass is 499 g/mol. The number of rotatable bonds is 4. The molecule has 2 aromatic carbocycles. The number of benzene rings is 2. The first-order valence-corrected chi connectivity index (χ1v) is 9.95. The van der Waals surface area contributed by atoms with Gasteiger partial charge < -0.3 is 15.3 Å². The number of anilines is 1. The van der Waals surface area contributed by atoms with Crippen molar-refractivity contribution in [1.82, 2.24) is 4.90 Å². The van der Waals surface area contributed by atoms with E-state index in [4.69, 9.17) is 10.4 Å². The highest BCUT2D eigenvalue weighted by atomic mass is 19.4. The smallest absolute Gasteiger partial charge is 0.419 e. The lowest BCUT2D eigenvalue weighted by Crippen LogP contribution is -2.30. The first kappa shape index (κ1) is 25.5. The molecule has 0 radical (unpaired) electrons. The number of hydrogen-bond acceptors (Lipinski definition) is 4. The third-order valence-corrected chi connectivity index (χ3v) is 5.29. The van der Waals surface area contributed by atoms with Crippen LogP contribution >= 0.6 is 0 Å². The highest BCUT2D eigenvalue weighted by Gasteiger charge is 2.41. The molecule has 1 aliphatic rings. The number of carboxylic acids is 1. The van der Waals surface area contributed by atoms with Crippen molar-refractivity contribution in [1.29, 1.82) is 5.26 Å². The average molecular weight is 499 g/mol. The summed E-state index contributed by atoms with van der Waals surface area (Å²) < 4.78 is 82.0. The summed E-state index contributed by atoms with van der Waals surface area (Å²) >= 11 is 0. The first-order valence-electron chi connectivity index (χ1n) is 9.95. The number of hydrogen-bond donors (Lipinski definition) is 2. The maximum atomic E-state index is 13.7. The van der Waals surface area contributed by atoms with E-state index in [0.717, 1.165) is 18.2 Å². The topological polar surface area (TPSA) is 110 Å². The lowest BCUT2D eigenvalue weighted by Gasteiger charge is -2.20. The zero-order valence-corrected chi connectivity index (χ0v) is 17.5. The van der Waals surface area contributed by atoms with E-state index in [9.17, 15) is 40.7 Å². The van der Waals surface area contributed by atoms with Crippen LogP contribution in [-0.4, -0.2) is 40.9 Å². The molecule has 0 aliphatic carbocycles. The second kappa shape index (κ2) is 9.28. The summed E-state index contributed by atoms with van der Waals surface area (Å²) in [5.74, 6) is -4.37. The zero-order valence-electron chi connectivity index (χ0n) is 17.5. The molecule has 1 heterocycles. The second-order valence-electron chi connectivity index (χ2n) is 7.54. The summed E-state index contributed by atoms with van der Waals surface area (Å²) in [6.07, 6.45) is -9.16.